The fourth-order valence-corrected chi connectivity index (χ4v) is 7.33. The zero-order chi connectivity index (χ0) is 33.2. The molecule has 15 nitrogen and oxygen atoms in total. The van der Waals surface area contributed by atoms with Crippen LogP contribution in [0.25, 0.3) is 0 Å². The molecule has 0 amide bonds. The highest BCUT2D eigenvalue weighted by molar-refractivity contribution is 5.91. The highest BCUT2D eigenvalue weighted by Crippen LogP contribution is 2.74. The van der Waals surface area contributed by atoms with Crippen molar-refractivity contribution in [1.82, 2.24) is 0 Å². The minimum absolute atomic E-state index is 0.0871. The monoisotopic (exact) mass is 646 g/mol. The molecule has 46 heavy (non-hydrogen) atoms. The summed E-state index contributed by atoms with van der Waals surface area (Å²) in [5.41, 5.74) is -4.21. The van der Waals surface area contributed by atoms with E-state index in [0.29, 0.717) is 0 Å². The van der Waals surface area contributed by atoms with Gasteiger partial charge in [-0.05, 0) is 37.6 Å². The van der Waals surface area contributed by atoms with Gasteiger partial charge in [0.2, 0.25) is 0 Å². The van der Waals surface area contributed by atoms with Crippen LogP contribution in [0.15, 0.2) is 42.5 Å². The Labute approximate surface area is 261 Å². The third kappa shape index (κ3) is 4.65. The molecular weight excluding hydrogens is 612 g/mol. The number of aliphatic hydroxyl groups is 3. The van der Waals surface area contributed by atoms with Gasteiger partial charge in [-0.15, -0.1) is 0 Å². The first-order valence-corrected chi connectivity index (χ1v) is 14.5. The fourth-order valence-electron chi connectivity index (χ4n) is 7.33. The maximum absolute atomic E-state index is 13.3. The lowest BCUT2D eigenvalue weighted by Gasteiger charge is -2.66. The quantitative estimate of drug-likeness (QED) is 0.157. The summed E-state index contributed by atoms with van der Waals surface area (Å²) in [5.74, 6) is -4.98. The molecule has 0 spiro atoms. The van der Waals surface area contributed by atoms with Crippen molar-refractivity contribution in [2.75, 3.05) is 20.3 Å². The Morgan fingerprint density at radius 2 is 1.59 bits per heavy atom. The highest BCUT2D eigenvalue weighted by atomic mass is 16.8. The van der Waals surface area contributed by atoms with Gasteiger partial charge in [0.1, 0.15) is 54.6 Å². The number of phenolic OH excluding ortho intramolecular Hbond substituents is 3. The summed E-state index contributed by atoms with van der Waals surface area (Å²) in [6.07, 6.45) is -9.57. The number of esters is 2. The lowest BCUT2D eigenvalue weighted by Crippen LogP contribution is -2.80. The predicted octanol–water partition coefficient (Wildman–Crippen LogP) is 0.121. The zero-order valence-corrected chi connectivity index (χ0v) is 24.8. The molecule has 4 bridgehead atoms. The molecule has 248 valence electrons. The number of carbonyl (C=O) groups is 3. The number of carbonyl (C=O) groups excluding carboxylic acids is 3. The minimum atomic E-state index is -1.84. The first-order valence-electron chi connectivity index (χ1n) is 14.5. The fraction of sp³-hybridized carbons (Fsp3) is 0.516. The van der Waals surface area contributed by atoms with Gasteiger partial charge in [-0.3, -0.25) is 4.79 Å². The molecule has 0 radical (unpaired) electrons. The van der Waals surface area contributed by atoms with Crippen LogP contribution in [0.5, 0.6) is 17.2 Å². The van der Waals surface area contributed by atoms with Crippen molar-refractivity contribution in [3.05, 3.63) is 53.6 Å². The average Bonchev–Trinajstić information content (AvgIpc) is 3.11. The van der Waals surface area contributed by atoms with E-state index < -0.39 is 95.3 Å². The number of ether oxygens (including phenoxy) is 6. The smallest absolute Gasteiger partial charge is 0.338 e. The van der Waals surface area contributed by atoms with Crippen LogP contribution >= 0.6 is 0 Å². The van der Waals surface area contributed by atoms with Crippen molar-refractivity contribution < 1.29 is 73.4 Å². The van der Waals surface area contributed by atoms with Crippen LogP contribution in [-0.4, -0.2) is 117 Å². The first kappa shape index (κ1) is 32.1. The number of rotatable bonds is 9. The number of methoxy groups -OCH3 is 1. The van der Waals surface area contributed by atoms with Gasteiger partial charge in [0.15, 0.2) is 29.8 Å². The number of Topliss-reactive ketones (excluding diaryl/α,β-unsaturated/α-hetero) is 1. The number of phenols is 3. The van der Waals surface area contributed by atoms with E-state index in [4.69, 9.17) is 28.4 Å². The number of hydrogen-bond donors (Lipinski definition) is 6. The van der Waals surface area contributed by atoms with Gasteiger partial charge in [0.25, 0.3) is 0 Å². The molecule has 7 rings (SSSR count). The maximum Gasteiger partial charge on any atom is 0.338 e. The predicted molar refractivity (Wildman–Crippen MR) is 149 cm³/mol. The van der Waals surface area contributed by atoms with Crippen LogP contribution in [-0.2, 0) is 33.2 Å². The minimum Gasteiger partial charge on any atom is -0.504 e. The van der Waals surface area contributed by atoms with E-state index in [-0.39, 0.29) is 36.4 Å². The Kier molecular flexibility index (Phi) is 8.00. The molecule has 3 saturated carbocycles. The summed E-state index contributed by atoms with van der Waals surface area (Å²) >= 11 is 0. The van der Waals surface area contributed by atoms with Crippen LogP contribution in [0, 0.1) is 11.3 Å². The SMILES string of the molecule is CO[C@H]1O[C@@]2(C)CC(=O)[C@H]3C[C@]2(O[C@@H]2O[C@H](COC(=O)c4cc(O)c(O)c(O)c4)[C@@H](O)[C@H](O)[C@H]2O)[C@@]13COC(=O)c1ccccc1. The van der Waals surface area contributed by atoms with Crippen molar-refractivity contribution in [2.45, 2.75) is 68.0 Å². The summed E-state index contributed by atoms with van der Waals surface area (Å²) < 4.78 is 35.1. The molecule has 6 N–H and O–H groups in total. The van der Waals surface area contributed by atoms with Crippen molar-refractivity contribution in [1.29, 1.82) is 0 Å². The second kappa shape index (κ2) is 11.5. The molecule has 5 fully saturated rings. The van der Waals surface area contributed by atoms with Crippen molar-refractivity contribution in [2.24, 2.45) is 11.3 Å². The first-order chi connectivity index (χ1) is 21.8. The molecule has 2 saturated heterocycles. The Hall–Kier alpha value is -3.83. The maximum atomic E-state index is 13.3. The van der Waals surface area contributed by atoms with Crippen LogP contribution in [0.3, 0.4) is 0 Å². The van der Waals surface area contributed by atoms with Gasteiger partial charge in [-0.1, -0.05) is 18.2 Å². The van der Waals surface area contributed by atoms with Crippen LogP contribution < -0.4 is 0 Å². The number of hydrogen-bond acceptors (Lipinski definition) is 15. The van der Waals surface area contributed by atoms with Crippen LogP contribution in [0.1, 0.15) is 40.5 Å². The molecule has 2 heterocycles. The van der Waals surface area contributed by atoms with Gasteiger partial charge >= 0.3 is 11.9 Å². The van der Waals surface area contributed by atoms with E-state index in [1.165, 1.54) is 7.11 Å². The Bertz CT molecular complexity index is 1510. The summed E-state index contributed by atoms with van der Waals surface area (Å²) in [6, 6.07) is 9.92. The lowest BCUT2D eigenvalue weighted by molar-refractivity contribution is -0.381. The molecule has 10 atom stereocenters. The number of ketones is 1. The van der Waals surface area contributed by atoms with E-state index in [2.05, 4.69) is 0 Å². The summed E-state index contributed by atoms with van der Waals surface area (Å²) in [6.45, 7) is 0.607. The number of benzene rings is 2. The second-order valence-electron chi connectivity index (χ2n) is 12.2. The van der Waals surface area contributed by atoms with Gasteiger partial charge in [0.05, 0.1) is 16.5 Å². The molecule has 0 aromatic heterocycles. The molecule has 2 aromatic carbocycles. The van der Waals surface area contributed by atoms with E-state index in [9.17, 15) is 45.0 Å². The van der Waals surface area contributed by atoms with Crippen molar-refractivity contribution in [3.63, 3.8) is 0 Å². The molecule has 15 heteroatoms. The average molecular weight is 647 g/mol. The van der Waals surface area contributed by atoms with Gasteiger partial charge < -0.3 is 59.1 Å². The van der Waals surface area contributed by atoms with Crippen molar-refractivity contribution >= 4 is 17.7 Å². The Morgan fingerprint density at radius 1 is 0.935 bits per heavy atom. The normalized spacial score (nSPS) is 37.8. The Balaban J connectivity index is 1.24. The van der Waals surface area contributed by atoms with Gasteiger partial charge in [-0.25, -0.2) is 9.59 Å². The number of aromatic hydroxyl groups is 3. The largest absolute Gasteiger partial charge is 0.504 e. The van der Waals surface area contributed by atoms with E-state index in [1.807, 2.05) is 0 Å². The summed E-state index contributed by atoms with van der Waals surface area (Å²) in [7, 11) is 1.37. The number of aliphatic hydroxyl groups excluding tert-OH is 3. The Morgan fingerprint density at radius 3 is 2.24 bits per heavy atom. The standard InChI is InChI=1S/C31H34O15/c1-29-11-19(34)16-10-31(29,30(16,28(41-2)46-29)13-43-25(39)14-6-4-3-5-7-14)45-27-24(38)23(37)22(36)20(44-27)12-42-26(40)15-8-17(32)21(35)18(33)9-15/h3-9,16,20,22-24,27-28,32-33,35-38H,10-13H2,1-2H3/t16-,20-,22-,23+,24-,27+,28+,29+,30-,31-/m1/s1. The topological polar surface area (TPSA) is 228 Å². The summed E-state index contributed by atoms with van der Waals surface area (Å²) in [4.78, 5) is 38.8. The molecule has 5 aliphatic rings. The zero-order valence-electron chi connectivity index (χ0n) is 24.8. The molecule has 0 unspecified atom stereocenters. The van der Waals surface area contributed by atoms with E-state index in [0.717, 1.165) is 12.1 Å². The third-order valence-corrected chi connectivity index (χ3v) is 9.74. The molecule has 3 aliphatic carbocycles. The molecule has 2 aromatic rings. The molecular formula is C31H34O15. The van der Waals surface area contributed by atoms with E-state index in [1.54, 1.807) is 37.3 Å². The van der Waals surface area contributed by atoms with Crippen LogP contribution in [0.2, 0.25) is 0 Å². The lowest BCUT2D eigenvalue weighted by atomic mass is 9.41. The van der Waals surface area contributed by atoms with E-state index >= 15 is 0 Å². The second-order valence-corrected chi connectivity index (χ2v) is 12.2. The highest BCUT2D eigenvalue weighted by Gasteiger charge is 2.87. The van der Waals surface area contributed by atoms with Crippen molar-refractivity contribution in [3.8, 4) is 17.2 Å². The third-order valence-electron chi connectivity index (χ3n) is 9.74. The van der Waals surface area contributed by atoms with Gasteiger partial charge in [-0.2, -0.15) is 0 Å². The van der Waals surface area contributed by atoms with Crippen LogP contribution in [0.4, 0.5) is 0 Å². The summed E-state index contributed by atoms with van der Waals surface area (Å²) in [5, 5.41) is 61.3. The number of fused-ring (bicyclic) bond motifs is 1. The van der Waals surface area contributed by atoms with Gasteiger partial charge in [0, 0.05) is 19.4 Å². The molecule has 2 aliphatic heterocycles.